The molecule has 3 rings (SSSR count). The van der Waals surface area contributed by atoms with Gasteiger partial charge in [-0.3, -0.25) is 4.40 Å². The highest BCUT2D eigenvalue weighted by atomic mass is 15.3. The Balaban J connectivity index is 2.41. The lowest BCUT2D eigenvalue weighted by Crippen LogP contribution is -2.24. The maximum absolute atomic E-state index is 9.55. The summed E-state index contributed by atoms with van der Waals surface area (Å²) < 4.78 is 1.62. The van der Waals surface area contributed by atoms with E-state index in [0.29, 0.717) is 30.4 Å². The summed E-state index contributed by atoms with van der Waals surface area (Å²) in [7, 11) is 0. The van der Waals surface area contributed by atoms with E-state index in [-0.39, 0.29) is 11.4 Å². The van der Waals surface area contributed by atoms with E-state index >= 15 is 0 Å². The molecule has 0 atom stereocenters. The third kappa shape index (κ3) is 2.33. The summed E-state index contributed by atoms with van der Waals surface area (Å²) in [6, 6.07) is 13.5. The van der Waals surface area contributed by atoms with Crippen molar-refractivity contribution in [3.05, 3.63) is 41.7 Å². The van der Waals surface area contributed by atoms with Crippen LogP contribution < -0.4 is 4.90 Å². The third-order valence-electron chi connectivity index (χ3n) is 3.84. The lowest BCUT2D eigenvalue weighted by molar-refractivity contribution is 0.839. The Morgan fingerprint density at radius 3 is 2.33 bits per heavy atom. The normalized spacial score (nSPS) is 10.3. The van der Waals surface area contributed by atoms with Gasteiger partial charge in [-0.05, 0) is 13.8 Å². The summed E-state index contributed by atoms with van der Waals surface area (Å²) in [4.78, 5) is 6.35. The largest absolute Gasteiger partial charge is 0.354 e. The molecule has 0 fully saturated rings. The fourth-order valence-corrected chi connectivity index (χ4v) is 2.65. The van der Waals surface area contributed by atoms with Crippen molar-refractivity contribution in [2.24, 2.45) is 0 Å². The van der Waals surface area contributed by atoms with Crippen molar-refractivity contribution in [1.82, 2.24) is 19.6 Å². The Morgan fingerprint density at radius 2 is 1.75 bits per heavy atom. The van der Waals surface area contributed by atoms with E-state index in [2.05, 4.69) is 21.3 Å². The number of hydrogen-bond acceptors (Lipinski definition) is 6. The molecular weight excluding hydrogens is 302 g/mol. The Hall–Kier alpha value is -3.45. The van der Waals surface area contributed by atoms with Gasteiger partial charge in [0, 0.05) is 18.7 Å². The Labute approximate surface area is 139 Å². The van der Waals surface area contributed by atoms with E-state index in [1.807, 2.05) is 55.1 Å². The molecule has 0 N–H and O–H groups in total. The molecule has 7 heteroatoms. The minimum atomic E-state index is 0.0730. The number of nitrogens with zero attached hydrogens (tertiary/aromatic N) is 7. The maximum Gasteiger partial charge on any atom is 0.205 e. The first-order valence-electron chi connectivity index (χ1n) is 7.64. The molecule has 0 radical (unpaired) electrons. The van der Waals surface area contributed by atoms with E-state index in [4.69, 9.17) is 0 Å². The van der Waals surface area contributed by atoms with E-state index < -0.39 is 0 Å². The third-order valence-corrected chi connectivity index (χ3v) is 3.84. The molecule has 0 saturated heterocycles. The lowest BCUT2D eigenvalue weighted by Gasteiger charge is -2.20. The fraction of sp³-hybridized carbons (Fsp3) is 0.235. The molecule has 0 spiro atoms. The maximum atomic E-state index is 9.55. The van der Waals surface area contributed by atoms with Crippen LogP contribution in [0.1, 0.15) is 25.2 Å². The van der Waals surface area contributed by atoms with Crippen LogP contribution in [0.2, 0.25) is 0 Å². The topological polar surface area (TPSA) is 93.9 Å². The lowest BCUT2D eigenvalue weighted by atomic mass is 10.2. The van der Waals surface area contributed by atoms with Crippen LogP contribution in [-0.2, 0) is 0 Å². The monoisotopic (exact) mass is 317 g/mol. The highest BCUT2D eigenvalue weighted by molar-refractivity contribution is 5.71. The number of aromatic nitrogens is 4. The van der Waals surface area contributed by atoms with Crippen LogP contribution in [0.3, 0.4) is 0 Å². The SMILES string of the molecule is CCN(CC)c1nc(C#N)c(C#N)n2c(-c3ccccc3)nnc12. The number of benzene rings is 1. The minimum Gasteiger partial charge on any atom is -0.354 e. The number of rotatable bonds is 4. The van der Waals surface area contributed by atoms with Crippen molar-refractivity contribution < 1.29 is 0 Å². The van der Waals surface area contributed by atoms with Gasteiger partial charge < -0.3 is 4.90 Å². The van der Waals surface area contributed by atoms with Gasteiger partial charge in [0.05, 0.1) is 0 Å². The zero-order valence-electron chi connectivity index (χ0n) is 13.4. The average molecular weight is 317 g/mol. The number of hydrogen-bond donors (Lipinski definition) is 0. The minimum absolute atomic E-state index is 0.0730. The first-order chi connectivity index (χ1) is 11.7. The van der Waals surface area contributed by atoms with Crippen LogP contribution in [0.15, 0.2) is 30.3 Å². The zero-order chi connectivity index (χ0) is 17.1. The van der Waals surface area contributed by atoms with Crippen molar-refractivity contribution in [3.63, 3.8) is 0 Å². The van der Waals surface area contributed by atoms with Gasteiger partial charge in [0.2, 0.25) is 5.65 Å². The zero-order valence-corrected chi connectivity index (χ0v) is 13.4. The predicted octanol–water partition coefficient (Wildman–Crippen LogP) is 2.38. The van der Waals surface area contributed by atoms with Crippen LogP contribution in [0.5, 0.6) is 0 Å². The Bertz CT molecular complexity index is 956. The molecule has 2 heterocycles. The Kier molecular flexibility index (Phi) is 4.09. The molecule has 0 aliphatic rings. The summed E-state index contributed by atoms with van der Waals surface area (Å²) in [6.45, 7) is 5.42. The molecule has 0 saturated carbocycles. The smallest absolute Gasteiger partial charge is 0.205 e. The standard InChI is InChI=1S/C17H15N7/c1-3-23(4-2)16-17-22-21-15(12-8-6-5-7-9-12)24(17)14(11-19)13(10-18)20-16/h5-9H,3-4H2,1-2H3. The number of anilines is 1. The quantitative estimate of drug-likeness (QED) is 0.733. The highest BCUT2D eigenvalue weighted by Gasteiger charge is 2.22. The molecule has 0 aliphatic heterocycles. The van der Waals surface area contributed by atoms with Crippen molar-refractivity contribution >= 4 is 11.5 Å². The first kappa shape index (κ1) is 15.4. The average Bonchev–Trinajstić information content (AvgIpc) is 3.08. The Morgan fingerprint density at radius 1 is 1.04 bits per heavy atom. The van der Waals surface area contributed by atoms with E-state index in [9.17, 15) is 10.5 Å². The summed E-state index contributed by atoms with van der Waals surface area (Å²) in [6.07, 6.45) is 0. The van der Waals surface area contributed by atoms with Crippen molar-refractivity contribution in [3.8, 4) is 23.5 Å². The van der Waals surface area contributed by atoms with Gasteiger partial charge >= 0.3 is 0 Å². The van der Waals surface area contributed by atoms with Crippen molar-refractivity contribution in [1.29, 1.82) is 10.5 Å². The molecule has 24 heavy (non-hydrogen) atoms. The molecule has 0 bridgehead atoms. The summed E-state index contributed by atoms with van der Waals surface area (Å²) >= 11 is 0. The van der Waals surface area contributed by atoms with E-state index in [1.165, 1.54) is 0 Å². The molecule has 0 unspecified atom stereocenters. The second-order valence-corrected chi connectivity index (χ2v) is 5.08. The number of fused-ring (bicyclic) bond motifs is 1. The first-order valence-corrected chi connectivity index (χ1v) is 7.64. The van der Waals surface area contributed by atoms with Gasteiger partial charge in [0.25, 0.3) is 0 Å². The van der Waals surface area contributed by atoms with Gasteiger partial charge in [0.15, 0.2) is 23.0 Å². The highest BCUT2D eigenvalue weighted by Crippen LogP contribution is 2.26. The van der Waals surface area contributed by atoms with Crippen LogP contribution >= 0.6 is 0 Å². The van der Waals surface area contributed by atoms with Crippen molar-refractivity contribution in [2.45, 2.75) is 13.8 Å². The van der Waals surface area contributed by atoms with Gasteiger partial charge in [-0.2, -0.15) is 10.5 Å². The van der Waals surface area contributed by atoms with Gasteiger partial charge in [-0.15, -0.1) is 10.2 Å². The summed E-state index contributed by atoms with van der Waals surface area (Å²) in [5.41, 5.74) is 1.52. The molecule has 0 aliphatic carbocycles. The molecule has 3 aromatic rings. The predicted molar refractivity (Wildman–Crippen MR) is 89.2 cm³/mol. The summed E-state index contributed by atoms with van der Waals surface area (Å²) in [5.74, 6) is 1.08. The van der Waals surface area contributed by atoms with Gasteiger partial charge in [0.1, 0.15) is 12.1 Å². The van der Waals surface area contributed by atoms with E-state index in [0.717, 1.165) is 5.56 Å². The van der Waals surface area contributed by atoms with Gasteiger partial charge in [-0.25, -0.2) is 4.98 Å². The van der Waals surface area contributed by atoms with Crippen LogP contribution in [0.25, 0.3) is 17.0 Å². The van der Waals surface area contributed by atoms with E-state index in [1.54, 1.807) is 4.40 Å². The van der Waals surface area contributed by atoms with Crippen molar-refractivity contribution in [2.75, 3.05) is 18.0 Å². The second kappa shape index (κ2) is 6.35. The van der Waals surface area contributed by atoms with Crippen LogP contribution in [0.4, 0.5) is 5.82 Å². The van der Waals surface area contributed by atoms with Crippen LogP contribution in [-0.4, -0.2) is 32.7 Å². The molecular formula is C17H15N7. The summed E-state index contributed by atoms with van der Waals surface area (Å²) in [5, 5.41) is 27.5. The van der Waals surface area contributed by atoms with Gasteiger partial charge in [-0.1, -0.05) is 30.3 Å². The van der Waals surface area contributed by atoms with Crippen LogP contribution in [0, 0.1) is 22.7 Å². The molecule has 1 aromatic carbocycles. The fourth-order valence-electron chi connectivity index (χ4n) is 2.65. The molecule has 7 nitrogen and oxygen atoms in total. The molecule has 118 valence electrons. The number of nitriles is 2. The molecule has 2 aromatic heterocycles. The second-order valence-electron chi connectivity index (χ2n) is 5.08. The molecule has 0 amide bonds.